The Bertz CT molecular complexity index is 704. The van der Waals surface area contributed by atoms with E-state index in [1.165, 1.54) is 18.2 Å². The number of carboxylic acid groups (broad SMARTS) is 1. The lowest BCUT2D eigenvalue weighted by molar-refractivity contribution is -0.148. The van der Waals surface area contributed by atoms with Crippen molar-refractivity contribution in [3.8, 4) is 5.75 Å². The van der Waals surface area contributed by atoms with Gasteiger partial charge in [0, 0.05) is 19.4 Å². The van der Waals surface area contributed by atoms with Gasteiger partial charge in [-0.3, -0.25) is 4.79 Å². The van der Waals surface area contributed by atoms with Crippen LogP contribution >= 0.6 is 0 Å². The third kappa shape index (κ3) is 3.53. The number of carbonyl (C=O) groups excluding carboxylic acids is 1. The van der Waals surface area contributed by atoms with Gasteiger partial charge in [0.05, 0.1) is 0 Å². The van der Waals surface area contributed by atoms with Gasteiger partial charge in [-0.05, 0) is 17.7 Å². The molecule has 2 rings (SSSR count). The Morgan fingerprint density at radius 1 is 1.45 bits per heavy atom. The standard InChI is InChI=1S/C13H14FNO6S/c14-22(20,21)10-6-12(17)15(7-10)11(13(18)19)5-8-2-1-3-9(16)4-8/h1-4,10-11,16H,5-7H2,(H,18,19)/t10?,11-/m0/s1. The van der Waals surface area contributed by atoms with E-state index in [0.717, 1.165) is 4.90 Å². The highest BCUT2D eigenvalue weighted by Gasteiger charge is 2.43. The van der Waals surface area contributed by atoms with Gasteiger partial charge in [-0.25, -0.2) is 4.79 Å². The van der Waals surface area contributed by atoms with Gasteiger partial charge in [-0.2, -0.15) is 8.42 Å². The highest BCUT2D eigenvalue weighted by molar-refractivity contribution is 7.87. The van der Waals surface area contributed by atoms with Crippen LogP contribution in [0.15, 0.2) is 24.3 Å². The predicted molar refractivity (Wildman–Crippen MR) is 73.4 cm³/mol. The largest absolute Gasteiger partial charge is 0.508 e. The zero-order valence-corrected chi connectivity index (χ0v) is 12.2. The summed E-state index contributed by atoms with van der Waals surface area (Å²) in [6.45, 7) is -0.493. The molecule has 1 aromatic carbocycles. The summed E-state index contributed by atoms with van der Waals surface area (Å²) in [6, 6.07) is 4.52. The molecular formula is C13H14FNO6S. The van der Waals surface area contributed by atoms with Crippen LogP contribution in [0.2, 0.25) is 0 Å². The second-order valence-corrected chi connectivity index (χ2v) is 6.69. The van der Waals surface area contributed by atoms with E-state index in [4.69, 9.17) is 0 Å². The molecule has 1 heterocycles. The molecule has 2 atom stereocenters. The number of carboxylic acids is 1. The Labute approximate surface area is 126 Å². The number of rotatable bonds is 5. The molecule has 1 fully saturated rings. The molecule has 9 heteroatoms. The first-order valence-electron chi connectivity index (χ1n) is 6.42. The van der Waals surface area contributed by atoms with Gasteiger partial charge >= 0.3 is 16.2 Å². The number of hydrogen-bond donors (Lipinski definition) is 2. The molecule has 1 amide bonds. The van der Waals surface area contributed by atoms with Crippen LogP contribution < -0.4 is 0 Å². The average Bonchev–Trinajstić information content (AvgIpc) is 2.77. The van der Waals surface area contributed by atoms with E-state index in [2.05, 4.69) is 0 Å². The van der Waals surface area contributed by atoms with E-state index >= 15 is 0 Å². The van der Waals surface area contributed by atoms with Crippen molar-refractivity contribution in [2.45, 2.75) is 24.1 Å². The van der Waals surface area contributed by atoms with Crippen LogP contribution in [0, 0.1) is 0 Å². The van der Waals surface area contributed by atoms with Crippen molar-refractivity contribution in [1.82, 2.24) is 4.90 Å². The highest BCUT2D eigenvalue weighted by Crippen LogP contribution is 2.24. The van der Waals surface area contributed by atoms with E-state index in [0.29, 0.717) is 5.56 Å². The number of phenolic OH excluding ortho intramolecular Hbond substituents is 1. The molecule has 120 valence electrons. The number of phenols is 1. The van der Waals surface area contributed by atoms with E-state index < -0.39 is 46.4 Å². The lowest BCUT2D eigenvalue weighted by Gasteiger charge is -2.24. The Morgan fingerprint density at radius 3 is 2.64 bits per heavy atom. The molecule has 2 N–H and O–H groups in total. The second kappa shape index (κ2) is 5.91. The van der Waals surface area contributed by atoms with Crippen LogP contribution in [0.5, 0.6) is 5.75 Å². The van der Waals surface area contributed by atoms with Gasteiger partial charge < -0.3 is 15.1 Å². The van der Waals surface area contributed by atoms with Crippen molar-refractivity contribution in [1.29, 1.82) is 0 Å². The van der Waals surface area contributed by atoms with E-state index in [9.17, 15) is 32.1 Å². The molecule has 0 spiro atoms. The maximum Gasteiger partial charge on any atom is 0.326 e. The topological polar surface area (TPSA) is 112 Å². The minimum absolute atomic E-state index is 0.0569. The lowest BCUT2D eigenvalue weighted by Crippen LogP contribution is -2.44. The molecule has 1 saturated heterocycles. The summed E-state index contributed by atoms with van der Waals surface area (Å²) < 4.78 is 34.8. The zero-order chi connectivity index (χ0) is 16.5. The normalized spacial score (nSPS) is 20.1. The third-order valence-electron chi connectivity index (χ3n) is 3.52. The highest BCUT2D eigenvalue weighted by atomic mass is 32.3. The Balaban J connectivity index is 2.22. The fraction of sp³-hybridized carbons (Fsp3) is 0.385. The Kier molecular flexibility index (Phi) is 4.36. The number of amides is 1. The summed E-state index contributed by atoms with van der Waals surface area (Å²) in [6.07, 6.45) is -0.683. The summed E-state index contributed by atoms with van der Waals surface area (Å²) in [5.41, 5.74) is 0.465. The average molecular weight is 331 g/mol. The third-order valence-corrected chi connectivity index (χ3v) is 4.63. The van der Waals surface area contributed by atoms with Crippen molar-refractivity contribution in [3.05, 3.63) is 29.8 Å². The van der Waals surface area contributed by atoms with Gasteiger partial charge in [0.15, 0.2) is 0 Å². The van der Waals surface area contributed by atoms with Crippen LogP contribution in [0.3, 0.4) is 0 Å². The molecule has 1 aliphatic rings. The monoisotopic (exact) mass is 331 g/mol. The summed E-state index contributed by atoms with van der Waals surface area (Å²) >= 11 is 0. The number of benzene rings is 1. The van der Waals surface area contributed by atoms with Crippen molar-refractivity contribution < 1.29 is 32.1 Å². The van der Waals surface area contributed by atoms with Crippen LogP contribution in [0.25, 0.3) is 0 Å². The number of halogens is 1. The summed E-state index contributed by atoms with van der Waals surface area (Å²) in [5.74, 6) is -2.11. The van der Waals surface area contributed by atoms with Gasteiger partial charge in [0.2, 0.25) is 5.91 Å². The van der Waals surface area contributed by atoms with Crippen LogP contribution in [-0.2, 0) is 26.2 Å². The van der Waals surface area contributed by atoms with Crippen molar-refractivity contribution in [2.75, 3.05) is 6.54 Å². The van der Waals surface area contributed by atoms with E-state index in [1.54, 1.807) is 6.07 Å². The first-order chi connectivity index (χ1) is 10.2. The Hall–Kier alpha value is -2.16. The zero-order valence-electron chi connectivity index (χ0n) is 11.3. The number of aromatic hydroxyl groups is 1. The molecular weight excluding hydrogens is 317 g/mol. The van der Waals surface area contributed by atoms with Crippen LogP contribution in [-0.4, -0.2) is 53.2 Å². The minimum atomic E-state index is -4.90. The molecule has 1 aromatic rings. The predicted octanol–water partition coefficient (Wildman–Crippen LogP) is 0.288. The first-order valence-corrected chi connectivity index (χ1v) is 7.87. The molecule has 1 aliphatic heterocycles. The lowest BCUT2D eigenvalue weighted by atomic mass is 10.0. The quantitative estimate of drug-likeness (QED) is 0.750. The van der Waals surface area contributed by atoms with Crippen molar-refractivity contribution >= 4 is 22.1 Å². The smallest absolute Gasteiger partial charge is 0.326 e. The van der Waals surface area contributed by atoms with Crippen LogP contribution in [0.1, 0.15) is 12.0 Å². The molecule has 0 bridgehead atoms. The summed E-state index contributed by atoms with van der Waals surface area (Å²) in [7, 11) is -4.90. The van der Waals surface area contributed by atoms with Crippen molar-refractivity contribution in [2.24, 2.45) is 0 Å². The number of aliphatic carboxylic acids is 1. The SMILES string of the molecule is O=C(O)[C@H](Cc1cccc(O)c1)N1CC(S(=O)(=O)F)CC1=O. The molecule has 0 radical (unpaired) electrons. The van der Waals surface area contributed by atoms with Crippen LogP contribution in [0.4, 0.5) is 3.89 Å². The summed E-state index contributed by atoms with van der Waals surface area (Å²) in [4.78, 5) is 24.0. The number of nitrogens with zero attached hydrogens (tertiary/aromatic N) is 1. The maximum absolute atomic E-state index is 13.0. The summed E-state index contributed by atoms with van der Waals surface area (Å²) in [5, 5.41) is 17.1. The fourth-order valence-corrected chi connectivity index (χ4v) is 3.11. The van der Waals surface area contributed by atoms with Gasteiger partial charge in [-0.1, -0.05) is 12.1 Å². The van der Waals surface area contributed by atoms with Crippen molar-refractivity contribution in [3.63, 3.8) is 0 Å². The van der Waals surface area contributed by atoms with E-state index in [-0.39, 0.29) is 12.2 Å². The first kappa shape index (κ1) is 16.2. The van der Waals surface area contributed by atoms with Gasteiger partial charge in [0.1, 0.15) is 17.0 Å². The number of hydrogen-bond acceptors (Lipinski definition) is 5. The second-order valence-electron chi connectivity index (χ2n) is 5.08. The maximum atomic E-state index is 13.0. The molecule has 22 heavy (non-hydrogen) atoms. The fourth-order valence-electron chi connectivity index (χ4n) is 2.42. The number of carbonyl (C=O) groups is 2. The Morgan fingerprint density at radius 2 is 2.14 bits per heavy atom. The molecule has 7 nitrogen and oxygen atoms in total. The molecule has 1 unspecified atom stereocenters. The molecule has 0 aliphatic carbocycles. The minimum Gasteiger partial charge on any atom is -0.508 e. The number of likely N-dealkylation sites (tertiary alicyclic amines) is 1. The van der Waals surface area contributed by atoms with Gasteiger partial charge in [-0.15, -0.1) is 3.89 Å². The molecule has 0 saturated carbocycles. The van der Waals surface area contributed by atoms with Gasteiger partial charge in [0.25, 0.3) is 0 Å². The van der Waals surface area contributed by atoms with E-state index in [1.807, 2.05) is 0 Å². The molecule has 0 aromatic heterocycles.